The molecule has 96 valence electrons. The maximum atomic E-state index is 12.1. The Labute approximate surface area is 109 Å². The summed E-state index contributed by atoms with van der Waals surface area (Å²) in [5.74, 6) is 0.937. The van der Waals surface area contributed by atoms with E-state index in [1.54, 1.807) is 30.5 Å². The zero-order valence-corrected chi connectivity index (χ0v) is 9.92. The molecule has 0 saturated heterocycles. The normalized spacial score (nSPS) is 12.2. The second-order valence-electron chi connectivity index (χ2n) is 3.99. The first-order valence-electron chi connectivity index (χ1n) is 5.64. The van der Waals surface area contributed by atoms with Gasteiger partial charge in [-0.15, -0.1) is 0 Å². The quantitative estimate of drug-likeness (QED) is 0.854. The summed E-state index contributed by atoms with van der Waals surface area (Å²) < 4.78 is 10.4. The molecule has 1 aromatic carbocycles. The Morgan fingerprint density at radius 2 is 2.11 bits per heavy atom. The van der Waals surface area contributed by atoms with Crippen LogP contribution >= 0.6 is 0 Å². The molecule has 1 aliphatic rings. The largest absolute Gasteiger partial charge is 0.454 e. The standard InChI is InChI=1S/C13H11N3O3/c14-9-6-15-4-3-10(9)16-13(17)8-1-2-11-12(5-8)19-7-18-11/h1-6H,7,14H2,(H,15,16,17). The summed E-state index contributed by atoms with van der Waals surface area (Å²) in [5.41, 5.74) is 7.13. The van der Waals surface area contributed by atoms with E-state index in [4.69, 9.17) is 15.2 Å². The number of nitrogens with one attached hydrogen (secondary N) is 1. The fourth-order valence-electron chi connectivity index (χ4n) is 1.75. The Hall–Kier alpha value is -2.76. The Bertz CT molecular complexity index is 643. The number of carbonyl (C=O) groups excluding carboxylic acids is 1. The lowest BCUT2D eigenvalue weighted by Gasteiger charge is -2.07. The summed E-state index contributed by atoms with van der Waals surface area (Å²) in [4.78, 5) is 15.9. The Morgan fingerprint density at radius 3 is 2.95 bits per heavy atom. The molecule has 1 amide bonds. The average molecular weight is 257 g/mol. The van der Waals surface area contributed by atoms with Crippen molar-refractivity contribution in [3.63, 3.8) is 0 Å². The van der Waals surface area contributed by atoms with Gasteiger partial charge in [-0.25, -0.2) is 0 Å². The van der Waals surface area contributed by atoms with Crippen molar-refractivity contribution >= 4 is 17.3 Å². The van der Waals surface area contributed by atoms with E-state index >= 15 is 0 Å². The molecule has 0 aliphatic carbocycles. The van der Waals surface area contributed by atoms with E-state index in [0.717, 1.165) is 0 Å². The molecule has 3 rings (SSSR count). The number of hydrogen-bond donors (Lipinski definition) is 2. The molecular weight excluding hydrogens is 246 g/mol. The molecule has 0 saturated carbocycles. The molecule has 2 heterocycles. The number of pyridine rings is 1. The van der Waals surface area contributed by atoms with Gasteiger partial charge in [0.1, 0.15) is 0 Å². The number of hydrogen-bond acceptors (Lipinski definition) is 5. The number of nitrogens with zero attached hydrogens (tertiary/aromatic N) is 1. The topological polar surface area (TPSA) is 86.5 Å². The SMILES string of the molecule is Nc1cnccc1NC(=O)c1ccc2c(c1)OCO2. The van der Waals surface area contributed by atoms with Crippen LogP contribution in [-0.2, 0) is 0 Å². The average Bonchev–Trinajstić information content (AvgIpc) is 2.88. The fourth-order valence-corrected chi connectivity index (χ4v) is 1.75. The second kappa shape index (κ2) is 4.49. The molecule has 0 radical (unpaired) electrons. The number of nitrogens with two attached hydrogens (primary N) is 1. The molecule has 6 heteroatoms. The highest BCUT2D eigenvalue weighted by molar-refractivity contribution is 6.06. The number of benzene rings is 1. The van der Waals surface area contributed by atoms with E-state index in [2.05, 4.69) is 10.3 Å². The summed E-state index contributed by atoms with van der Waals surface area (Å²) in [6.45, 7) is 0.178. The Morgan fingerprint density at radius 1 is 1.26 bits per heavy atom. The van der Waals surface area contributed by atoms with E-state index in [1.165, 1.54) is 6.20 Å². The van der Waals surface area contributed by atoms with Crippen molar-refractivity contribution in [1.82, 2.24) is 4.98 Å². The number of rotatable bonds is 2. The number of amides is 1. The van der Waals surface area contributed by atoms with Crippen LogP contribution < -0.4 is 20.5 Å². The molecule has 6 nitrogen and oxygen atoms in total. The summed E-state index contributed by atoms with van der Waals surface area (Å²) in [6.07, 6.45) is 3.04. The Balaban J connectivity index is 1.83. The molecule has 1 aromatic heterocycles. The molecule has 0 fully saturated rings. The van der Waals surface area contributed by atoms with Gasteiger partial charge in [0.2, 0.25) is 6.79 Å². The van der Waals surface area contributed by atoms with E-state index < -0.39 is 0 Å². The first-order chi connectivity index (χ1) is 9.24. The van der Waals surface area contributed by atoms with Crippen LogP contribution in [-0.4, -0.2) is 17.7 Å². The predicted octanol–water partition coefficient (Wildman–Crippen LogP) is 1.64. The molecular formula is C13H11N3O3. The van der Waals surface area contributed by atoms with Crippen molar-refractivity contribution < 1.29 is 14.3 Å². The minimum Gasteiger partial charge on any atom is -0.454 e. The predicted molar refractivity (Wildman–Crippen MR) is 69.2 cm³/mol. The van der Waals surface area contributed by atoms with Crippen LogP contribution in [0.4, 0.5) is 11.4 Å². The third-order valence-corrected chi connectivity index (χ3v) is 2.73. The molecule has 19 heavy (non-hydrogen) atoms. The van der Waals surface area contributed by atoms with E-state index in [0.29, 0.717) is 28.4 Å². The number of aromatic nitrogens is 1. The first kappa shape index (κ1) is 11.3. The van der Waals surface area contributed by atoms with Crippen molar-refractivity contribution in [2.45, 2.75) is 0 Å². The summed E-state index contributed by atoms with van der Waals surface area (Å²) in [6, 6.07) is 6.64. The van der Waals surface area contributed by atoms with Crippen LogP contribution in [0.2, 0.25) is 0 Å². The van der Waals surface area contributed by atoms with E-state index in [9.17, 15) is 4.79 Å². The molecule has 0 unspecified atom stereocenters. The van der Waals surface area contributed by atoms with Gasteiger partial charge in [-0.05, 0) is 24.3 Å². The van der Waals surface area contributed by atoms with E-state index in [-0.39, 0.29) is 12.7 Å². The van der Waals surface area contributed by atoms with Gasteiger partial charge in [-0.3, -0.25) is 9.78 Å². The van der Waals surface area contributed by atoms with Crippen LogP contribution in [0.3, 0.4) is 0 Å². The summed E-state index contributed by atoms with van der Waals surface area (Å²) in [5, 5.41) is 2.72. The zero-order valence-electron chi connectivity index (χ0n) is 9.92. The minimum absolute atomic E-state index is 0.178. The maximum Gasteiger partial charge on any atom is 0.255 e. The third-order valence-electron chi connectivity index (χ3n) is 2.73. The van der Waals surface area contributed by atoms with Crippen LogP contribution in [0.5, 0.6) is 11.5 Å². The van der Waals surface area contributed by atoms with Crippen molar-refractivity contribution in [2.24, 2.45) is 0 Å². The highest BCUT2D eigenvalue weighted by atomic mass is 16.7. The van der Waals surface area contributed by atoms with Crippen molar-refractivity contribution in [3.05, 3.63) is 42.2 Å². The van der Waals surface area contributed by atoms with Crippen molar-refractivity contribution in [2.75, 3.05) is 17.8 Å². The summed E-state index contributed by atoms with van der Waals surface area (Å²) in [7, 11) is 0. The Kier molecular flexibility index (Phi) is 2.68. The monoisotopic (exact) mass is 257 g/mol. The first-order valence-corrected chi connectivity index (χ1v) is 5.64. The number of fused-ring (bicyclic) bond motifs is 1. The number of ether oxygens (including phenoxy) is 2. The summed E-state index contributed by atoms with van der Waals surface area (Å²) >= 11 is 0. The highest BCUT2D eigenvalue weighted by Crippen LogP contribution is 2.32. The van der Waals surface area contributed by atoms with Gasteiger partial charge in [0.05, 0.1) is 17.6 Å². The molecule has 0 spiro atoms. The molecule has 0 atom stereocenters. The van der Waals surface area contributed by atoms with E-state index in [1.807, 2.05) is 0 Å². The van der Waals surface area contributed by atoms with Gasteiger partial charge in [-0.2, -0.15) is 0 Å². The molecule has 0 bridgehead atoms. The van der Waals surface area contributed by atoms with Crippen LogP contribution in [0.1, 0.15) is 10.4 Å². The second-order valence-corrected chi connectivity index (χ2v) is 3.99. The van der Waals surface area contributed by atoms with Crippen molar-refractivity contribution in [1.29, 1.82) is 0 Å². The highest BCUT2D eigenvalue weighted by Gasteiger charge is 2.16. The van der Waals surface area contributed by atoms with Gasteiger partial charge in [-0.1, -0.05) is 0 Å². The smallest absolute Gasteiger partial charge is 0.255 e. The maximum absolute atomic E-state index is 12.1. The van der Waals surface area contributed by atoms with Gasteiger partial charge in [0.15, 0.2) is 11.5 Å². The van der Waals surface area contributed by atoms with Gasteiger partial charge in [0.25, 0.3) is 5.91 Å². The van der Waals surface area contributed by atoms with Crippen LogP contribution in [0, 0.1) is 0 Å². The molecule has 1 aliphatic heterocycles. The van der Waals surface area contributed by atoms with Crippen molar-refractivity contribution in [3.8, 4) is 11.5 Å². The lowest BCUT2D eigenvalue weighted by atomic mass is 10.2. The molecule has 3 N–H and O–H groups in total. The van der Waals surface area contributed by atoms with Crippen LogP contribution in [0.15, 0.2) is 36.7 Å². The lowest BCUT2D eigenvalue weighted by Crippen LogP contribution is -2.13. The lowest BCUT2D eigenvalue weighted by molar-refractivity contribution is 0.102. The zero-order chi connectivity index (χ0) is 13.2. The number of carbonyl (C=O) groups is 1. The van der Waals surface area contributed by atoms with Gasteiger partial charge < -0.3 is 20.5 Å². The fraction of sp³-hybridized carbons (Fsp3) is 0.0769. The van der Waals surface area contributed by atoms with Crippen LogP contribution in [0.25, 0.3) is 0 Å². The third kappa shape index (κ3) is 2.15. The van der Waals surface area contributed by atoms with Gasteiger partial charge in [0, 0.05) is 11.8 Å². The minimum atomic E-state index is -0.267. The number of anilines is 2. The van der Waals surface area contributed by atoms with Gasteiger partial charge >= 0.3 is 0 Å². The molecule has 2 aromatic rings. The number of nitrogen functional groups attached to an aromatic ring is 1.